The molecule has 2 aromatic rings. The summed E-state index contributed by atoms with van der Waals surface area (Å²) < 4.78 is 17.9. The molecule has 0 aliphatic heterocycles. The van der Waals surface area contributed by atoms with Crippen molar-refractivity contribution < 1.29 is 23.6 Å². The summed E-state index contributed by atoms with van der Waals surface area (Å²) in [7, 11) is 1.54. The minimum atomic E-state index is -0.704. The molecule has 7 nitrogen and oxygen atoms in total. The second-order valence-corrected chi connectivity index (χ2v) is 5.41. The highest BCUT2D eigenvalue weighted by molar-refractivity contribution is 5.96. The van der Waals surface area contributed by atoms with Gasteiger partial charge in [0.05, 0.1) is 17.1 Å². The first kappa shape index (κ1) is 19.0. The molecule has 0 amide bonds. The van der Waals surface area contributed by atoms with Crippen molar-refractivity contribution in [2.24, 2.45) is 0 Å². The van der Waals surface area contributed by atoms with Gasteiger partial charge in [-0.3, -0.25) is 14.9 Å². The molecular weight excluding hydrogens is 343 g/mol. The summed E-state index contributed by atoms with van der Waals surface area (Å²) in [4.78, 5) is 34.3. The van der Waals surface area contributed by atoms with Gasteiger partial charge in [-0.05, 0) is 42.8 Å². The number of nitrogens with zero attached hydrogens (tertiary/aromatic N) is 1. The molecule has 2 rings (SSSR count). The van der Waals surface area contributed by atoms with Gasteiger partial charge < -0.3 is 10.1 Å². The van der Waals surface area contributed by atoms with Crippen molar-refractivity contribution in [1.82, 2.24) is 0 Å². The molecule has 0 bridgehead atoms. The van der Waals surface area contributed by atoms with Gasteiger partial charge in [-0.1, -0.05) is 0 Å². The molecule has 0 atom stereocenters. The Kier molecular flexibility index (Phi) is 6.37. The third-order valence-electron chi connectivity index (χ3n) is 3.65. The average molecular weight is 360 g/mol. The van der Waals surface area contributed by atoms with Gasteiger partial charge in [0.15, 0.2) is 5.78 Å². The molecule has 0 aromatic heterocycles. The maximum absolute atomic E-state index is 12.8. The number of nitrogens with one attached hydrogen (secondary N) is 1. The summed E-state index contributed by atoms with van der Waals surface area (Å²) in [5.41, 5.74) is 0.501. The number of ether oxygens (including phenoxy) is 1. The fraction of sp³-hybridized carbons (Fsp3) is 0.222. The Bertz CT molecular complexity index is 821. The van der Waals surface area contributed by atoms with Gasteiger partial charge in [0.25, 0.3) is 5.69 Å². The molecule has 0 saturated carbocycles. The number of hydrogen-bond donors (Lipinski definition) is 1. The van der Waals surface area contributed by atoms with E-state index in [-0.39, 0.29) is 35.7 Å². The summed E-state index contributed by atoms with van der Waals surface area (Å²) in [6.07, 6.45) is 0.427. The van der Waals surface area contributed by atoms with Gasteiger partial charge in [0.2, 0.25) is 0 Å². The second kappa shape index (κ2) is 8.70. The number of nitro groups is 1. The van der Waals surface area contributed by atoms with E-state index >= 15 is 0 Å². The average Bonchev–Trinajstić information content (AvgIpc) is 2.64. The molecular formula is C18H17FN2O5. The number of hydrogen-bond acceptors (Lipinski definition) is 6. The standard InChI is InChI=1S/C18H17FN2O5/c1-20-15-9-6-13(11-16(15)21(24)25)18(23)26-10-2-3-17(22)12-4-7-14(19)8-5-12/h4-9,11,20H,2-3,10H2,1H3. The monoisotopic (exact) mass is 360 g/mol. The maximum Gasteiger partial charge on any atom is 0.338 e. The molecule has 0 unspecified atom stereocenters. The van der Waals surface area contributed by atoms with E-state index < -0.39 is 16.7 Å². The molecule has 0 aliphatic carbocycles. The fourth-order valence-electron chi connectivity index (χ4n) is 2.28. The summed E-state index contributed by atoms with van der Waals surface area (Å²) in [5.74, 6) is -1.31. The lowest BCUT2D eigenvalue weighted by atomic mass is 10.1. The number of anilines is 1. The molecule has 136 valence electrons. The Labute approximate surface area is 148 Å². The molecule has 0 radical (unpaired) electrons. The molecule has 0 saturated heterocycles. The smallest absolute Gasteiger partial charge is 0.338 e. The topological polar surface area (TPSA) is 98.5 Å². The first-order valence-electron chi connectivity index (χ1n) is 7.84. The number of halogens is 1. The maximum atomic E-state index is 12.8. The number of carbonyl (C=O) groups excluding carboxylic acids is 2. The largest absolute Gasteiger partial charge is 0.462 e. The highest BCUT2D eigenvalue weighted by Gasteiger charge is 2.17. The van der Waals surface area contributed by atoms with E-state index in [2.05, 4.69) is 5.32 Å². The van der Waals surface area contributed by atoms with Gasteiger partial charge in [0, 0.05) is 25.1 Å². The van der Waals surface area contributed by atoms with Crippen LogP contribution in [0.4, 0.5) is 15.8 Å². The Balaban J connectivity index is 1.87. The lowest BCUT2D eigenvalue weighted by molar-refractivity contribution is -0.384. The summed E-state index contributed by atoms with van der Waals surface area (Å²) in [6.45, 7) is -0.00660. The highest BCUT2D eigenvalue weighted by Crippen LogP contribution is 2.25. The SMILES string of the molecule is CNc1ccc(C(=O)OCCCC(=O)c2ccc(F)cc2)cc1[N+](=O)[O-]. The van der Waals surface area contributed by atoms with E-state index in [0.717, 1.165) is 6.07 Å². The van der Waals surface area contributed by atoms with Crippen LogP contribution in [-0.2, 0) is 4.74 Å². The van der Waals surface area contributed by atoms with E-state index in [9.17, 15) is 24.1 Å². The van der Waals surface area contributed by atoms with E-state index in [4.69, 9.17) is 4.74 Å². The first-order chi connectivity index (χ1) is 12.4. The van der Waals surface area contributed by atoms with Crippen LogP contribution in [0.15, 0.2) is 42.5 Å². The van der Waals surface area contributed by atoms with Gasteiger partial charge in [-0.2, -0.15) is 0 Å². The van der Waals surface area contributed by atoms with Crippen molar-refractivity contribution >= 4 is 23.1 Å². The van der Waals surface area contributed by atoms with Crippen LogP contribution in [-0.4, -0.2) is 30.3 Å². The number of carbonyl (C=O) groups is 2. The highest BCUT2D eigenvalue weighted by atomic mass is 19.1. The minimum absolute atomic E-state index is 0.00660. The third kappa shape index (κ3) is 4.85. The normalized spacial score (nSPS) is 10.2. The van der Waals surface area contributed by atoms with E-state index in [0.29, 0.717) is 12.0 Å². The quantitative estimate of drug-likeness (QED) is 0.254. The van der Waals surface area contributed by atoms with E-state index in [1.165, 1.54) is 36.4 Å². The number of benzene rings is 2. The number of nitro benzene ring substituents is 1. The van der Waals surface area contributed by atoms with Crippen LogP contribution in [0.2, 0.25) is 0 Å². The Morgan fingerprint density at radius 3 is 2.42 bits per heavy atom. The van der Waals surface area contributed by atoms with Crippen molar-refractivity contribution in [3.05, 3.63) is 69.5 Å². The van der Waals surface area contributed by atoms with Gasteiger partial charge >= 0.3 is 5.97 Å². The van der Waals surface area contributed by atoms with Crippen molar-refractivity contribution in [2.75, 3.05) is 19.0 Å². The molecule has 0 fully saturated rings. The fourth-order valence-corrected chi connectivity index (χ4v) is 2.28. The molecule has 0 aliphatic rings. The van der Waals surface area contributed by atoms with Crippen LogP contribution in [0.3, 0.4) is 0 Å². The zero-order valence-electron chi connectivity index (χ0n) is 14.0. The predicted octanol–water partition coefficient (Wildman–Crippen LogP) is 3.60. The Morgan fingerprint density at radius 2 is 1.81 bits per heavy atom. The van der Waals surface area contributed by atoms with Crippen LogP contribution in [0.5, 0.6) is 0 Å². The van der Waals surface area contributed by atoms with E-state index in [1.54, 1.807) is 7.05 Å². The van der Waals surface area contributed by atoms with Crippen LogP contribution >= 0.6 is 0 Å². The van der Waals surface area contributed by atoms with E-state index in [1.807, 2.05) is 0 Å². The third-order valence-corrected chi connectivity index (χ3v) is 3.65. The lowest BCUT2D eigenvalue weighted by Crippen LogP contribution is -2.09. The first-order valence-corrected chi connectivity index (χ1v) is 7.84. The summed E-state index contributed by atoms with van der Waals surface area (Å²) >= 11 is 0. The molecule has 1 N–H and O–H groups in total. The summed E-state index contributed by atoms with van der Waals surface area (Å²) in [5, 5.41) is 13.7. The minimum Gasteiger partial charge on any atom is -0.462 e. The van der Waals surface area contributed by atoms with Crippen molar-refractivity contribution in [1.29, 1.82) is 0 Å². The van der Waals surface area contributed by atoms with Gasteiger partial charge in [0.1, 0.15) is 11.5 Å². The van der Waals surface area contributed by atoms with Crippen molar-refractivity contribution in [2.45, 2.75) is 12.8 Å². The van der Waals surface area contributed by atoms with Crippen LogP contribution in [0.25, 0.3) is 0 Å². The second-order valence-electron chi connectivity index (χ2n) is 5.41. The molecule has 8 heteroatoms. The van der Waals surface area contributed by atoms with Crippen LogP contribution in [0.1, 0.15) is 33.6 Å². The molecule has 26 heavy (non-hydrogen) atoms. The number of ketones is 1. The van der Waals surface area contributed by atoms with Gasteiger partial charge in [-0.15, -0.1) is 0 Å². The Hall–Kier alpha value is -3.29. The zero-order valence-corrected chi connectivity index (χ0v) is 14.0. The lowest BCUT2D eigenvalue weighted by Gasteiger charge is -2.07. The molecule has 2 aromatic carbocycles. The summed E-state index contributed by atoms with van der Waals surface area (Å²) in [6, 6.07) is 9.18. The molecule has 0 spiro atoms. The van der Waals surface area contributed by atoms with Crippen LogP contribution < -0.4 is 5.32 Å². The van der Waals surface area contributed by atoms with Crippen LogP contribution in [0, 0.1) is 15.9 Å². The van der Waals surface area contributed by atoms with Crippen molar-refractivity contribution in [3.8, 4) is 0 Å². The number of esters is 1. The predicted molar refractivity (Wildman–Crippen MR) is 92.9 cm³/mol. The van der Waals surface area contributed by atoms with Gasteiger partial charge in [-0.25, -0.2) is 9.18 Å². The number of rotatable bonds is 8. The molecule has 0 heterocycles. The van der Waals surface area contributed by atoms with Crippen molar-refractivity contribution in [3.63, 3.8) is 0 Å². The Morgan fingerprint density at radius 1 is 1.15 bits per heavy atom. The zero-order chi connectivity index (χ0) is 19.1. The number of Topliss-reactive ketones (excluding diaryl/α,β-unsaturated/α-hetero) is 1.